The van der Waals surface area contributed by atoms with Gasteiger partial charge in [0.15, 0.2) is 5.84 Å². The van der Waals surface area contributed by atoms with Crippen LogP contribution in [0.4, 0.5) is 0 Å². The van der Waals surface area contributed by atoms with Crippen LogP contribution in [0.15, 0.2) is 204 Å². The number of rotatable bonds is 5. The number of aromatic nitrogens is 1. The molecule has 0 amide bonds. The van der Waals surface area contributed by atoms with Crippen LogP contribution in [-0.2, 0) is 12.0 Å². The molecule has 1 heterocycles. The lowest BCUT2D eigenvalue weighted by molar-refractivity contribution is 0.790. The van der Waals surface area contributed by atoms with Crippen LogP contribution in [0.2, 0.25) is 0 Å². The molecule has 1 aromatic heterocycles. The Bertz CT molecular complexity index is 2960. The van der Waals surface area contributed by atoms with Crippen molar-refractivity contribution in [1.82, 2.24) is 4.57 Å². The summed E-state index contributed by atoms with van der Waals surface area (Å²) in [6.45, 7) is 0.450. The summed E-state index contributed by atoms with van der Waals surface area (Å²) in [7, 11) is 0. The number of hydrogen-bond acceptors (Lipinski definition) is 1. The van der Waals surface area contributed by atoms with Gasteiger partial charge in [-0.25, -0.2) is 4.99 Å². The average molecular weight is 717 g/mol. The Morgan fingerprint density at radius 2 is 0.964 bits per heavy atom. The fourth-order valence-electron chi connectivity index (χ4n) is 9.34. The largest absolute Gasteiger partial charge is 0.383 e. The van der Waals surface area contributed by atoms with E-state index in [2.05, 4.69) is 138 Å². The van der Waals surface area contributed by atoms with E-state index in [1.54, 1.807) is 0 Å². The van der Waals surface area contributed by atoms with Crippen molar-refractivity contribution in [3.8, 4) is 27.9 Å². The summed E-state index contributed by atoms with van der Waals surface area (Å²) in [6.07, 6.45) is 0. The van der Waals surface area contributed by atoms with Crippen LogP contribution in [0.3, 0.4) is 0 Å². The third-order valence-corrected chi connectivity index (χ3v) is 11.7. The first kappa shape index (κ1) is 32.2. The smallest absolute Gasteiger partial charge is 0.157 e. The topological polar surface area (TPSA) is 55.7 Å². The van der Waals surface area contributed by atoms with Gasteiger partial charge in [-0.15, -0.1) is 0 Å². The molecule has 0 radical (unpaired) electrons. The Balaban J connectivity index is 1.11. The third-order valence-electron chi connectivity index (χ3n) is 11.7. The maximum absolute atomic E-state index is 6.57. The Kier molecular flexibility index (Phi) is 7.26. The highest BCUT2D eigenvalue weighted by molar-refractivity contribution is 6.11. The fourth-order valence-corrected chi connectivity index (χ4v) is 9.34. The zero-order valence-electron chi connectivity index (χ0n) is 30.6. The number of nitrogens with zero attached hydrogens (tertiary/aromatic N) is 3. The minimum Gasteiger partial charge on any atom is -0.383 e. The molecule has 0 atom stereocenters. The first-order valence-corrected chi connectivity index (χ1v) is 19.2. The highest BCUT2D eigenvalue weighted by Crippen LogP contribution is 2.63. The van der Waals surface area contributed by atoms with Crippen LogP contribution < -0.4 is 5.73 Å². The number of amidine groups is 2. The first-order chi connectivity index (χ1) is 27.7. The van der Waals surface area contributed by atoms with E-state index < -0.39 is 5.41 Å². The number of aliphatic imine (C=N–C) groups is 2. The lowest BCUT2D eigenvalue weighted by atomic mass is 9.70. The quantitative estimate of drug-likeness (QED) is 0.140. The molecule has 1 spiro atoms. The van der Waals surface area contributed by atoms with E-state index in [9.17, 15) is 0 Å². The summed E-state index contributed by atoms with van der Waals surface area (Å²) in [5.41, 5.74) is 22.8. The predicted molar refractivity (Wildman–Crippen MR) is 231 cm³/mol. The van der Waals surface area contributed by atoms with Crippen molar-refractivity contribution >= 4 is 33.5 Å². The first-order valence-electron chi connectivity index (χ1n) is 19.2. The second-order valence-electron chi connectivity index (χ2n) is 14.7. The summed E-state index contributed by atoms with van der Waals surface area (Å²) in [4.78, 5) is 10.0. The summed E-state index contributed by atoms with van der Waals surface area (Å²) in [6, 6.07) is 69.4. The fraction of sp³-hybridized carbons (Fsp3) is 0.0385. The van der Waals surface area contributed by atoms with Gasteiger partial charge in [-0.3, -0.25) is 4.99 Å². The zero-order chi connectivity index (χ0) is 37.2. The number of fused-ring (bicyclic) bond motifs is 13. The summed E-state index contributed by atoms with van der Waals surface area (Å²) >= 11 is 0. The molecule has 0 saturated carbocycles. The molecule has 0 fully saturated rings. The Labute approximate surface area is 325 Å². The van der Waals surface area contributed by atoms with E-state index in [0.717, 1.165) is 22.4 Å². The van der Waals surface area contributed by atoms with Crippen molar-refractivity contribution in [3.63, 3.8) is 0 Å². The van der Waals surface area contributed by atoms with Gasteiger partial charge in [0.2, 0.25) is 0 Å². The Morgan fingerprint density at radius 3 is 1.61 bits per heavy atom. The van der Waals surface area contributed by atoms with Crippen molar-refractivity contribution in [2.45, 2.75) is 12.0 Å². The summed E-state index contributed by atoms with van der Waals surface area (Å²) in [5, 5.41) is 2.51. The molecule has 4 nitrogen and oxygen atoms in total. The molecular formula is C52H36N4. The van der Waals surface area contributed by atoms with E-state index in [-0.39, 0.29) is 0 Å². The SMILES string of the molecule is NC(=NC(=NCc1ccc2c(c1)C1(c3ccccc3-c3ccccc31)c1cc(-n3c4ccccc4c4ccccc43)ccc1-2)c1ccccc1)c1ccccc1. The molecule has 264 valence electrons. The van der Waals surface area contributed by atoms with Gasteiger partial charge in [0.05, 0.1) is 23.0 Å². The minimum absolute atomic E-state index is 0.440. The molecule has 56 heavy (non-hydrogen) atoms. The zero-order valence-corrected chi connectivity index (χ0v) is 30.6. The predicted octanol–water partition coefficient (Wildman–Crippen LogP) is 11.5. The maximum atomic E-state index is 6.57. The second-order valence-corrected chi connectivity index (χ2v) is 14.7. The van der Waals surface area contributed by atoms with Gasteiger partial charge in [0.1, 0.15) is 5.84 Å². The highest BCUT2D eigenvalue weighted by atomic mass is 15.0. The molecular weight excluding hydrogens is 681 g/mol. The van der Waals surface area contributed by atoms with Gasteiger partial charge in [-0.05, 0) is 74.3 Å². The standard InChI is InChI=1S/C52H36N4/c53-50(35-15-3-1-4-16-35)55-51(36-17-5-2-6-18-36)54-33-34-27-29-40-41-30-28-37(56-48-25-13-9-21-42(48)43-22-10-14-26-49(43)56)32-47(41)52(46(40)31-34)44-23-11-7-19-38(44)39-20-8-12-24-45(39)52/h1-32H,33H2,(H2,53,54,55). The van der Waals surface area contributed by atoms with Crippen molar-refractivity contribution in [2.75, 3.05) is 0 Å². The van der Waals surface area contributed by atoms with Gasteiger partial charge in [0.25, 0.3) is 0 Å². The second kappa shape index (κ2) is 12.6. The van der Waals surface area contributed by atoms with Crippen LogP contribution in [0, 0.1) is 0 Å². The lowest BCUT2D eigenvalue weighted by Gasteiger charge is -2.31. The average Bonchev–Trinajstić information content (AvgIpc) is 3.87. The van der Waals surface area contributed by atoms with Crippen LogP contribution in [0.25, 0.3) is 49.7 Å². The van der Waals surface area contributed by atoms with Crippen molar-refractivity contribution in [1.29, 1.82) is 0 Å². The molecule has 0 bridgehead atoms. The van der Waals surface area contributed by atoms with Gasteiger partial charge in [-0.1, -0.05) is 170 Å². The Morgan fingerprint density at radius 1 is 0.464 bits per heavy atom. The third kappa shape index (κ3) is 4.72. The monoisotopic (exact) mass is 716 g/mol. The van der Waals surface area contributed by atoms with E-state index in [1.807, 2.05) is 60.7 Å². The van der Waals surface area contributed by atoms with Gasteiger partial charge in [0, 0.05) is 27.6 Å². The molecule has 9 aromatic rings. The van der Waals surface area contributed by atoms with E-state index in [0.29, 0.717) is 18.2 Å². The molecule has 8 aromatic carbocycles. The molecule has 0 saturated heterocycles. The number of para-hydroxylation sites is 2. The highest BCUT2D eigenvalue weighted by Gasteiger charge is 2.51. The van der Waals surface area contributed by atoms with Gasteiger partial charge < -0.3 is 10.3 Å². The van der Waals surface area contributed by atoms with Crippen molar-refractivity contribution < 1.29 is 0 Å². The summed E-state index contributed by atoms with van der Waals surface area (Å²) in [5.74, 6) is 1.05. The molecule has 2 aliphatic rings. The minimum atomic E-state index is -0.509. The molecule has 11 rings (SSSR count). The van der Waals surface area contributed by atoms with Gasteiger partial charge in [-0.2, -0.15) is 0 Å². The lowest BCUT2D eigenvalue weighted by Crippen LogP contribution is -2.26. The van der Waals surface area contributed by atoms with Crippen LogP contribution in [0.5, 0.6) is 0 Å². The van der Waals surface area contributed by atoms with E-state index in [4.69, 9.17) is 15.7 Å². The molecule has 0 unspecified atom stereocenters. The van der Waals surface area contributed by atoms with Gasteiger partial charge >= 0.3 is 0 Å². The van der Waals surface area contributed by atoms with Crippen molar-refractivity contribution in [3.05, 3.63) is 233 Å². The van der Waals surface area contributed by atoms with E-state index >= 15 is 0 Å². The Hall–Kier alpha value is -7.30. The van der Waals surface area contributed by atoms with E-state index in [1.165, 1.54) is 66.3 Å². The number of nitrogens with two attached hydrogens (primary N) is 1. The van der Waals surface area contributed by atoms with Crippen LogP contribution >= 0.6 is 0 Å². The molecule has 2 N–H and O–H groups in total. The molecule has 4 heteroatoms. The van der Waals surface area contributed by atoms with Crippen molar-refractivity contribution in [2.24, 2.45) is 15.7 Å². The maximum Gasteiger partial charge on any atom is 0.157 e. The van der Waals surface area contributed by atoms with Crippen LogP contribution in [-0.4, -0.2) is 16.2 Å². The normalized spacial score (nSPS) is 13.9. The molecule has 2 aliphatic carbocycles. The van der Waals surface area contributed by atoms with Crippen LogP contribution in [0.1, 0.15) is 38.9 Å². The summed E-state index contributed by atoms with van der Waals surface area (Å²) < 4.78 is 2.43. The number of benzene rings is 8. The number of hydrogen-bond donors (Lipinski definition) is 1. The molecule has 0 aliphatic heterocycles.